The minimum absolute atomic E-state index is 0.138. The van der Waals surface area contributed by atoms with Crippen LogP contribution in [0.1, 0.15) is 36.7 Å². The first-order valence-corrected chi connectivity index (χ1v) is 18.7. The lowest BCUT2D eigenvalue weighted by Crippen LogP contribution is -2.63. The van der Waals surface area contributed by atoms with E-state index in [1.165, 1.54) is 12.8 Å². The van der Waals surface area contributed by atoms with Gasteiger partial charge in [-0.3, -0.25) is 9.48 Å². The number of rotatable bonds is 12. The fourth-order valence-electron chi connectivity index (χ4n) is 5.62. The fourth-order valence-corrected chi connectivity index (χ4v) is 6.37. The van der Waals surface area contributed by atoms with Crippen molar-refractivity contribution in [2.45, 2.75) is 70.2 Å². The Labute approximate surface area is 252 Å². The maximum atomic E-state index is 12.6. The van der Waals surface area contributed by atoms with Crippen LogP contribution in [0.5, 0.6) is 0 Å². The number of carbonyl (C=O) groups is 1. The number of nitriles is 1. The third kappa shape index (κ3) is 6.19. The lowest BCUT2D eigenvalue weighted by Gasteiger charge is -2.50. The highest BCUT2D eigenvalue weighted by atomic mass is 28.3. The van der Waals surface area contributed by atoms with Gasteiger partial charge in [-0.05, 0) is 49.9 Å². The van der Waals surface area contributed by atoms with Crippen molar-refractivity contribution in [2.24, 2.45) is 5.92 Å². The van der Waals surface area contributed by atoms with E-state index in [0.717, 1.165) is 40.6 Å². The molecule has 12 heteroatoms. The van der Waals surface area contributed by atoms with E-state index in [-0.39, 0.29) is 11.9 Å². The lowest BCUT2D eigenvalue weighted by molar-refractivity contribution is 0.0898. The minimum atomic E-state index is -1.15. The van der Waals surface area contributed by atoms with Crippen molar-refractivity contribution in [3.63, 3.8) is 0 Å². The van der Waals surface area contributed by atoms with E-state index in [1.807, 2.05) is 40.0 Å². The molecule has 4 aromatic rings. The Morgan fingerprint density at radius 1 is 1.19 bits per heavy atom. The molecule has 11 nitrogen and oxygen atoms in total. The van der Waals surface area contributed by atoms with Gasteiger partial charge < -0.3 is 19.5 Å². The van der Waals surface area contributed by atoms with Crippen LogP contribution in [0.25, 0.3) is 22.3 Å². The van der Waals surface area contributed by atoms with Crippen molar-refractivity contribution < 1.29 is 9.53 Å². The first kappa shape index (κ1) is 29.0. The van der Waals surface area contributed by atoms with Gasteiger partial charge in [-0.15, -0.1) is 0 Å². The molecule has 0 unspecified atom stereocenters. The highest BCUT2D eigenvalue weighted by molar-refractivity contribution is 6.76. The molecule has 6 rings (SSSR count). The third-order valence-electron chi connectivity index (χ3n) is 8.54. The maximum Gasteiger partial charge on any atom is 0.270 e. The summed E-state index contributed by atoms with van der Waals surface area (Å²) in [5, 5.41) is 18.4. The summed E-state index contributed by atoms with van der Waals surface area (Å²) >= 11 is 0. The molecule has 0 bridgehead atoms. The van der Waals surface area contributed by atoms with E-state index in [0.29, 0.717) is 37.9 Å². The Kier molecular flexibility index (Phi) is 7.79. The van der Waals surface area contributed by atoms with Crippen molar-refractivity contribution in [1.29, 1.82) is 5.26 Å². The summed E-state index contributed by atoms with van der Waals surface area (Å²) in [6.07, 6.45) is 11.8. The molecule has 1 aliphatic carbocycles. The van der Waals surface area contributed by atoms with Gasteiger partial charge >= 0.3 is 0 Å². The zero-order valence-electron chi connectivity index (χ0n) is 25.3. The van der Waals surface area contributed by atoms with Crippen LogP contribution >= 0.6 is 0 Å². The molecule has 2 fully saturated rings. The number of carbonyl (C=O) groups excluding carboxylic acids is 1. The minimum Gasteiger partial charge on any atom is -0.365 e. The molecule has 0 spiro atoms. The maximum absolute atomic E-state index is 12.6. The van der Waals surface area contributed by atoms with E-state index in [2.05, 4.69) is 57.8 Å². The third-order valence-corrected chi connectivity index (χ3v) is 10.2. The summed E-state index contributed by atoms with van der Waals surface area (Å²) < 4.78 is 9.87. The highest BCUT2D eigenvalue weighted by Crippen LogP contribution is 2.37. The first-order valence-electron chi connectivity index (χ1n) is 15.0. The van der Waals surface area contributed by atoms with Gasteiger partial charge in [0, 0.05) is 57.2 Å². The molecule has 1 aliphatic heterocycles. The molecule has 1 atom stereocenters. The summed E-state index contributed by atoms with van der Waals surface area (Å²) in [4.78, 5) is 28.3. The number of amides is 1. The average molecular weight is 598 g/mol. The quantitative estimate of drug-likeness (QED) is 0.185. The standard InChI is InChI=1S/C31H39N9O2Si/c1-22(23-5-6-23)37-30(41)27-8-7-25(16-33-27)39-18-31(19-39,10-11-32)40-17-24(15-36-40)28-26-9-12-38(29(26)35-20-34-28)21-42-13-14-43(2,3)4/h7-9,12,15-17,20,22-23H,5-6,10,13-14,18-19,21H2,1-4H3,(H,37,41)/t22-/m0/s1. The van der Waals surface area contributed by atoms with Crippen molar-refractivity contribution in [2.75, 3.05) is 24.6 Å². The van der Waals surface area contributed by atoms with Crippen molar-refractivity contribution in [1.82, 2.24) is 34.6 Å². The molecule has 5 heterocycles. The second-order valence-electron chi connectivity index (χ2n) is 13.2. The zero-order valence-corrected chi connectivity index (χ0v) is 26.3. The molecular weight excluding hydrogens is 558 g/mol. The van der Waals surface area contributed by atoms with Crippen molar-refractivity contribution >= 4 is 30.7 Å². The van der Waals surface area contributed by atoms with Crippen LogP contribution in [0.2, 0.25) is 25.7 Å². The Morgan fingerprint density at radius 2 is 2.00 bits per heavy atom. The van der Waals surface area contributed by atoms with Gasteiger partial charge in [-0.1, -0.05) is 19.6 Å². The molecule has 1 saturated heterocycles. The largest absolute Gasteiger partial charge is 0.365 e. The van der Waals surface area contributed by atoms with Crippen LogP contribution in [0.4, 0.5) is 5.69 Å². The van der Waals surface area contributed by atoms with Gasteiger partial charge in [0.05, 0.1) is 36.3 Å². The summed E-state index contributed by atoms with van der Waals surface area (Å²) in [5.41, 5.74) is 3.36. The Hall–Kier alpha value is -4.08. The number of aromatic nitrogens is 6. The molecule has 1 amide bonds. The van der Waals surface area contributed by atoms with Gasteiger partial charge in [0.1, 0.15) is 29.9 Å². The molecular formula is C31H39N9O2Si. The number of pyridine rings is 1. The fraction of sp³-hybridized carbons (Fsp3) is 0.484. The van der Waals surface area contributed by atoms with Gasteiger partial charge in [0.2, 0.25) is 0 Å². The van der Waals surface area contributed by atoms with E-state index < -0.39 is 13.6 Å². The Balaban J connectivity index is 1.14. The predicted molar refractivity (Wildman–Crippen MR) is 167 cm³/mol. The van der Waals surface area contributed by atoms with E-state index in [9.17, 15) is 10.1 Å². The molecule has 1 N–H and O–H groups in total. The van der Waals surface area contributed by atoms with Crippen molar-refractivity contribution in [3.05, 3.63) is 55.0 Å². The van der Waals surface area contributed by atoms with Gasteiger partial charge in [0.25, 0.3) is 5.91 Å². The highest BCUT2D eigenvalue weighted by Gasteiger charge is 2.46. The van der Waals surface area contributed by atoms with Gasteiger partial charge in [0.15, 0.2) is 0 Å². The SMILES string of the molecule is C[C@H](NC(=O)c1ccc(N2CC(CC#N)(n3cc(-c4ncnc5c4ccn5COCC[Si](C)(C)C)cn3)C2)cn1)C1CC1. The molecule has 2 aliphatic rings. The van der Waals surface area contributed by atoms with Gasteiger partial charge in [-0.2, -0.15) is 10.4 Å². The van der Waals surface area contributed by atoms with Crippen molar-refractivity contribution in [3.8, 4) is 17.3 Å². The smallest absolute Gasteiger partial charge is 0.270 e. The summed E-state index contributed by atoms with van der Waals surface area (Å²) in [6.45, 7) is 11.5. The average Bonchev–Trinajstić information content (AvgIpc) is 3.56. The number of nitrogens with one attached hydrogen (secondary N) is 1. The topological polar surface area (TPSA) is 127 Å². The summed E-state index contributed by atoms with van der Waals surface area (Å²) in [7, 11) is -1.15. The van der Waals surface area contributed by atoms with E-state index in [1.54, 1.807) is 18.6 Å². The molecule has 43 heavy (non-hydrogen) atoms. The second-order valence-corrected chi connectivity index (χ2v) is 18.8. The number of nitrogens with zero attached hydrogens (tertiary/aromatic N) is 8. The number of ether oxygens (including phenoxy) is 1. The number of hydrogen-bond acceptors (Lipinski definition) is 8. The normalized spacial score (nSPS) is 17.0. The first-order chi connectivity index (χ1) is 20.7. The van der Waals surface area contributed by atoms with E-state index >= 15 is 0 Å². The monoisotopic (exact) mass is 597 g/mol. The summed E-state index contributed by atoms with van der Waals surface area (Å²) in [6, 6.07) is 9.35. The molecule has 0 aromatic carbocycles. The molecule has 4 aromatic heterocycles. The number of anilines is 1. The van der Waals surface area contributed by atoms with Crippen LogP contribution < -0.4 is 10.2 Å². The van der Waals surface area contributed by atoms with Crippen LogP contribution in [-0.4, -0.2) is 69.0 Å². The van der Waals surface area contributed by atoms with E-state index in [4.69, 9.17) is 9.84 Å². The Morgan fingerprint density at radius 3 is 2.70 bits per heavy atom. The Bertz CT molecular complexity index is 1640. The lowest BCUT2D eigenvalue weighted by atomic mass is 9.86. The predicted octanol–water partition coefficient (Wildman–Crippen LogP) is 4.66. The summed E-state index contributed by atoms with van der Waals surface area (Å²) in [5.74, 6) is 0.451. The number of fused-ring (bicyclic) bond motifs is 1. The molecule has 0 radical (unpaired) electrons. The van der Waals surface area contributed by atoms with Crippen LogP contribution in [0.3, 0.4) is 0 Å². The molecule has 224 valence electrons. The zero-order chi connectivity index (χ0) is 30.2. The number of hydrogen-bond donors (Lipinski definition) is 1. The van der Waals surface area contributed by atoms with Crippen LogP contribution in [0, 0.1) is 17.2 Å². The molecule has 1 saturated carbocycles. The van der Waals surface area contributed by atoms with Gasteiger partial charge in [-0.25, -0.2) is 15.0 Å². The van der Waals surface area contributed by atoms with Crippen LogP contribution in [0.15, 0.2) is 49.3 Å². The van der Waals surface area contributed by atoms with Crippen LogP contribution in [-0.2, 0) is 17.0 Å². The second kappa shape index (κ2) is 11.5.